The molecule has 0 saturated carbocycles. The van der Waals surface area contributed by atoms with Crippen molar-refractivity contribution in [2.75, 3.05) is 34.5 Å². The van der Waals surface area contributed by atoms with E-state index in [1.807, 2.05) is 39.0 Å². The lowest BCUT2D eigenvalue weighted by Gasteiger charge is -2.46. The quantitative estimate of drug-likeness (QED) is 0.137. The summed E-state index contributed by atoms with van der Waals surface area (Å²) in [5.41, 5.74) is -0.224. The number of hydrogen-bond donors (Lipinski definition) is 4. The second kappa shape index (κ2) is 23.1. The van der Waals surface area contributed by atoms with Crippen LogP contribution in [0.1, 0.15) is 101 Å². The van der Waals surface area contributed by atoms with E-state index in [2.05, 4.69) is 27.7 Å². The van der Waals surface area contributed by atoms with Crippen molar-refractivity contribution < 1.29 is 67.9 Å². The largest absolute Gasteiger partial charge is 0.459 e. The summed E-state index contributed by atoms with van der Waals surface area (Å²) in [7, 11) is 4.82. The summed E-state index contributed by atoms with van der Waals surface area (Å²) in [4.78, 5) is 14.5. The van der Waals surface area contributed by atoms with Gasteiger partial charge in [-0.3, -0.25) is 4.79 Å². The van der Waals surface area contributed by atoms with Gasteiger partial charge in [0.1, 0.15) is 42.0 Å². The van der Waals surface area contributed by atoms with Crippen molar-refractivity contribution in [3.05, 3.63) is 47.1 Å². The maximum Gasteiger partial charge on any atom is 0.316 e. The fourth-order valence-corrected chi connectivity index (χ4v) is 10.3. The predicted octanol–water partition coefficient (Wildman–Crippen LogP) is 5.38. The van der Waals surface area contributed by atoms with Crippen LogP contribution in [0, 0.1) is 29.6 Å². The number of carbonyl (C=O) groups is 1. The van der Waals surface area contributed by atoms with Crippen LogP contribution in [0.25, 0.3) is 0 Å². The fraction of sp³-hybridized carbons (Fsp3) is 0.816. The van der Waals surface area contributed by atoms with Crippen molar-refractivity contribution in [2.45, 2.75) is 192 Å². The number of cyclic esters (lactones) is 1. The van der Waals surface area contributed by atoms with Crippen LogP contribution in [0.2, 0.25) is 0 Å². The molecule has 4 heterocycles. The van der Waals surface area contributed by atoms with E-state index in [0.717, 1.165) is 18.4 Å². The molecule has 4 aliphatic heterocycles. The molecule has 19 atom stereocenters. The molecule has 0 spiro atoms. The SMILES string of the molecule is CC[C@H](C)C(OCC1C[C@@H](OC)C/C=C(/C)[C@@H](O)[C@@H](C)C(C2C[C@H](OC)[C@@H](O[C@@H]3C[C@H](OC)[C@@H](O)[C@H](C)O3)[C@H](C)O2)/C=C/C=C2\CO[C@@H]3[C@H](O)C(C)=C[C@@H](C(=O)O1)[C@]23O)[C@@H](C)CC. The van der Waals surface area contributed by atoms with Gasteiger partial charge in [-0.05, 0) is 68.6 Å². The summed E-state index contributed by atoms with van der Waals surface area (Å²) < 4.78 is 55.9. The fourth-order valence-electron chi connectivity index (χ4n) is 10.3. The zero-order valence-corrected chi connectivity index (χ0v) is 39.9. The third kappa shape index (κ3) is 11.7. The molecule has 0 radical (unpaired) electrons. The van der Waals surface area contributed by atoms with E-state index in [9.17, 15) is 25.2 Å². The number of aliphatic hydroxyl groups excluding tert-OH is 3. The smallest absolute Gasteiger partial charge is 0.316 e. The van der Waals surface area contributed by atoms with Crippen molar-refractivity contribution in [2.24, 2.45) is 29.6 Å². The van der Waals surface area contributed by atoms with Crippen LogP contribution < -0.4 is 0 Å². The molecule has 4 N–H and O–H groups in total. The summed E-state index contributed by atoms with van der Waals surface area (Å²) in [5.74, 6) is -1.99. The lowest BCUT2D eigenvalue weighted by molar-refractivity contribution is -0.298. The van der Waals surface area contributed by atoms with Crippen molar-refractivity contribution in [1.29, 1.82) is 0 Å². The highest BCUT2D eigenvalue weighted by molar-refractivity contribution is 5.78. The van der Waals surface area contributed by atoms with E-state index < -0.39 is 97.0 Å². The molecule has 63 heavy (non-hydrogen) atoms. The average molecular weight is 893 g/mol. The molecule has 5 rings (SSSR count). The Labute approximate surface area is 376 Å². The highest BCUT2D eigenvalue weighted by atomic mass is 16.7. The number of rotatable bonds is 13. The molecule has 3 saturated heterocycles. The lowest BCUT2D eigenvalue weighted by Crippen LogP contribution is -2.57. The van der Waals surface area contributed by atoms with E-state index in [1.54, 1.807) is 47.3 Å². The van der Waals surface area contributed by atoms with E-state index in [4.69, 9.17) is 42.6 Å². The molecule has 1 aliphatic carbocycles. The van der Waals surface area contributed by atoms with Crippen LogP contribution in [-0.2, 0) is 47.4 Å². The molecule has 14 nitrogen and oxygen atoms in total. The zero-order valence-electron chi connectivity index (χ0n) is 39.9. The van der Waals surface area contributed by atoms with Crippen LogP contribution in [-0.4, -0.2) is 152 Å². The van der Waals surface area contributed by atoms with Crippen LogP contribution >= 0.6 is 0 Å². The number of allylic oxidation sites excluding steroid dienone is 2. The maximum atomic E-state index is 14.5. The number of ether oxygens (including phenoxy) is 9. The van der Waals surface area contributed by atoms with Crippen molar-refractivity contribution in [1.82, 2.24) is 0 Å². The Kier molecular flexibility index (Phi) is 19.0. The molecule has 0 bridgehead atoms. The number of esters is 1. The molecule has 0 aromatic heterocycles. The van der Waals surface area contributed by atoms with E-state index in [1.165, 1.54) is 0 Å². The second-order valence-electron chi connectivity index (χ2n) is 19.0. The van der Waals surface area contributed by atoms with Crippen molar-refractivity contribution >= 4 is 5.97 Å². The predicted molar refractivity (Wildman–Crippen MR) is 237 cm³/mol. The highest BCUT2D eigenvalue weighted by Gasteiger charge is 2.59. The Hall–Kier alpha value is -2.05. The number of carbonyl (C=O) groups excluding carboxylic acids is 1. The molecule has 0 amide bonds. The van der Waals surface area contributed by atoms with Crippen LogP contribution in [0.5, 0.6) is 0 Å². The average Bonchev–Trinajstić information content (AvgIpc) is 3.61. The molecule has 0 aromatic rings. The van der Waals surface area contributed by atoms with Gasteiger partial charge in [-0.15, -0.1) is 0 Å². The van der Waals surface area contributed by atoms with E-state index in [0.29, 0.717) is 36.8 Å². The molecule has 14 heteroatoms. The monoisotopic (exact) mass is 893 g/mol. The van der Waals surface area contributed by atoms with Gasteiger partial charge in [0, 0.05) is 46.5 Å². The Morgan fingerprint density at radius 1 is 0.873 bits per heavy atom. The molecule has 360 valence electrons. The highest BCUT2D eigenvalue weighted by Crippen LogP contribution is 2.46. The first-order chi connectivity index (χ1) is 29.9. The first kappa shape index (κ1) is 51.9. The second-order valence-corrected chi connectivity index (χ2v) is 19.0. The minimum atomic E-state index is -1.91. The van der Waals surface area contributed by atoms with Gasteiger partial charge in [-0.1, -0.05) is 77.8 Å². The third-order valence-electron chi connectivity index (χ3n) is 14.9. The zero-order chi connectivity index (χ0) is 46.3. The van der Waals surface area contributed by atoms with E-state index >= 15 is 0 Å². The maximum absolute atomic E-state index is 14.5. The first-order valence-electron chi connectivity index (χ1n) is 23.4. The first-order valence-corrected chi connectivity index (χ1v) is 23.4. The number of methoxy groups -OCH3 is 3. The Balaban J connectivity index is 1.49. The third-order valence-corrected chi connectivity index (χ3v) is 14.9. The molecule has 5 aliphatic rings. The molecular formula is C49H80O14. The molecule has 0 aromatic carbocycles. The number of hydrogen-bond acceptors (Lipinski definition) is 14. The van der Waals surface area contributed by atoms with Gasteiger partial charge in [0.05, 0.1) is 62.0 Å². The summed E-state index contributed by atoms with van der Waals surface area (Å²) in [5, 5.41) is 46.6. The van der Waals surface area contributed by atoms with Crippen LogP contribution in [0.4, 0.5) is 0 Å². The van der Waals surface area contributed by atoms with Crippen molar-refractivity contribution in [3.63, 3.8) is 0 Å². The topological polar surface area (TPSA) is 181 Å². The minimum absolute atomic E-state index is 0.0213. The Morgan fingerprint density at radius 3 is 2.19 bits per heavy atom. The van der Waals surface area contributed by atoms with Gasteiger partial charge in [0.15, 0.2) is 6.29 Å². The summed E-state index contributed by atoms with van der Waals surface area (Å²) in [6, 6.07) is 0. The van der Waals surface area contributed by atoms with Gasteiger partial charge in [-0.25, -0.2) is 0 Å². The van der Waals surface area contributed by atoms with Gasteiger partial charge in [0.2, 0.25) is 0 Å². The van der Waals surface area contributed by atoms with Gasteiger partial charge < -0.3 is 63.1 Å². The Bertz CT molecular complexity index is 1590. The van der Waals surface area contributed by atoms with Gasteiger partial charge in [0.25, 0.3) is 0 Å². The van der Waals surface area contributed by atoms with Crippen LogP contribution in [0.3, 0.4) is 0 Å². The minimum Gasteiger partial charge on any atom is -0.459 e. The standard InChI is InChI=1S/C49H80O14/c1-13-26(3)45(27(4)14-2)58-25-35-21-34(55-10)19-18-28(5)42(50)30(7)36(17-15-16-33-24-59-47-43(51)29(6)20-37(48(53)62-35)49(33,47)54)38-22-40(57-12)46(32(9)60-38)63-41-23-39(56-11)44(52)31(8)61-41/h15-18,20,26-27,30-32,34-47,50-52,54H,13-14,19,21-25H2,1-12H3/b17-15+,28-18-,33-16+/t26-,27-,30-,31-,32-,34-,35?,36?,37-,38?,39-,40-,41+,42+,43+,44-,46-,47+,49+/m0/s1. The lowest BCUT2D eigenvalue weighted by atomic mass is 9.71. The number of aliphatic hydroxyl groups is 4. The Morgan fingerprint density at radius 2 is 1.56 bits per heavy atom. The molecule has 3 unspecified atom stereocenters. The molecule has 3 fully saturated rings. The van der Waals surface area contributed by atoms with Gasteiger partial charge in [-0.2, -0.15) is 0 Å². The van der Waals surface area contributed by atoms with E-state index in [-0.39, 0.29) is 43.0 Å². The summed E-state index contributed by atoms with van der Waals surface area (Å²) >= 11 is 0. The van der Waals surface area contributed by atoms with Gasteiger partial charge >= 0.3 is 5.97 Å². The van der Waals surface area contributed by atoms with Crippen LogP contribution in [0.15, 0.2) is 47.1 Å². The summed E-state index contributed by atoms with van der Waals surface area (Å²) in [6.07, 6.45) is 4.08. The molecular weight excluding hydrogens is 813 g/mol. The normalized spacial score (nSPS) is 44.0. The van der Waals surface area contributed by atoms with Crippen molar-refractivity contribution in [3.8, 4) is 0 Å². The summed E-state index contributed by atoms with van der Waals surface area (Å²) in [6.45, 7) is 18.1.